The molecule has 0 aliphatic heterocycles. The second-order valence-corrected chi connectivity index (χ2v) is 7.95. The van der Waals surface area contributed by atoms with E-state index in [9.17, 15) is 4.79 Å². The molecule has 0 spiro atoms. The Labute approximate surface area is 154 Å². The largest absolute Gasteiger partial charge is 0.460 e. The van der Waals surface area contributed by atoms with Gasteiger partial charge < -0.3 is 10.1 Å². The third kappa shape index (κ3) is 4.54. The van der Waals surface area contributed by atoms with Crippen molar-refractivity contribution in [3.8, 4) is 6.01 Å². The van der Waals surface area contributed by atoms with Gasteiger partial charge in [-0.05, 0) is 67.6 Å². The van der Waals surface area contributed by atoms with Crippen LogP contribution in [0.5, 0.6) is 6.01 Å². The van der Waals surface area contributed by atoms with Gasteiger partial charge in [0, 0.05) is 27.3 Å². The van der Waals surface area contributed by atoms with E-state index in [2.05, 4.69) is 31.2 Å². The highest BCUT2D eigenvalue weighted by Gasteiger charge is 2.25. The molecular weight excluding hydrogens is 390 g/mol. The van der Waals surface area contributed by atoms with Gasteiger partial charge in [-0.2, -0.15) is 0 Å². The van der Waals surface area contributed by atoms with Crippen molar-refractivity contribution in [2.24, 2.45) is 0 Å². The minimum Gasteiger partial charge on any atom is -0.460 e. The van der Waals surface area contributed by atoms with Gasteiger partial charge in [-0.15, -0.1) is 11.3 Å². The van der Waals surface area contributed by atoms with Crippen molar-refractivity contribution in [3.05, 3.63) is 38.3 Å². The lowest BCUT2D eigenvalue weighted by Crippen LogP contribution is -2.39. The van der Waals surface area contributed by atoms with Gasteiger partial charge in [0.15, 0.2) is 0 Å². The highest BCUT2D eigenvalue weighted by atomic mass is 79.9. The number of thiophene rings is 1. The molecule has 1 amide bonds. The zero-order valence-electron chi connectivity index (χ0n) is 13.7. The summed E-state index contributed by atoms with van der Waals surface area (Å²) in [6.07, 6.45) is 3.74. The second-order valence-electron chi connectivity index (χ2n) is 6.13. The Morgan fingerprint density at radius 2 is 1.88 bits per heavy atom. The molecule has 2 aromatic rings. The second kappa shape index (κ2) is 7.61. The summed E-state index contributed by atoms with van der Waals surface area (Å²) >= 11 is 4.83. The van der Waals surface area contributed by atoms with Crippen LogP contribution >= 0.6 is 27.3 Å². The van der Waals surface area contributed by atoms with Crippen molar-refractivity contribution in [1.29, 1.82) is 0 Å². The molecule has 24 heavy (non-hydrogen) atoms. The Morgan fingerprint density at radius 3 is 2.46 bits per heavy atom. The molecule has 1 aliphatic carbocycles. The molecule has 3 rings (SSSR count). The van der Waals surface area contributed by atoms with E-state index in [1.54, 1.807) is 0 Å². The molecule has 0 atom stereocenters. The zero-order chi connectivity index (χ0) is 17.1. The van der Waals surface area contributed by atoms with Crippen LogP contribution in [-0.4, -0.2) is 28.0 Å². The van der Waals surface area contributed by atoms with E-state index in [0.29, 0.717) is 6.01 Å². The Morgan fingerprint density at radius 1 is 1.21 bits per heavy atom. The van der Waals surface area contributed by atoms with Crippen LogP contribution in [0.2, 0.25) is 0 Å². The Balaban J connectivity index is 1.49. The molecule has 0 bridgehead atoms. The number of halogens is 1. The van der Waals surface area contributed by atoms with Gasteiger partial charge in [0.25, 0.3) is 5.91 Å². The summed E-state index contributed by atoms with van der Waals surface area (Å²) in [4.78, 5) is 21.6. The lowest BCUT2D eigenvalue weighted by molar-refractivity contribution is 0.0888. The monoisotopic (exact) mass is 409 g/mol. The number of amides is 1. The number of hydrogen-bond acceptors (Lipinski definition) is 5. The lowest BCUT2D eigenvalue weighted by atomic mass is 9.93. The van der Waals surface area contributed by atoms with Gasteiger partial charge in [0.05, 0.1) is 4.88 Å². The average Bonchev–Trinajstić information content (AvgIpc) is 2.95. The van der Waals surface area contributed by atoms with E-state index in [4.69, 9.17) is 4.74 Å². The summed E-state index contributed by atoms with van der Waals surface area (Å²) in [5.41, 5.74) is 1.83. The molecular formula is C17H20BrN3O2S. The maximum atomic E-state index is 12.2. The number of nitrogens with zero attached hydrogens (tertiary/aromatic N) is 2. The first kappa shape index (κ1) is 17.4. The standard InChI is InChI=1S/C17H20BrN3O2S/c1-10-7-11(2)20-17(19-10)23-14-5-3-13(4-6-14)21-16(22)15-8-12(18)9-24-15/h7-9,13-14H,3-6H2,1-2H3,(H,21,22). The molecule has 7 heteroatoms. The third-order valence-electron chi connectivity index (χ3n) is 4.03. The summed E-state index contributed by atoms with van der Waals surface area (Å²) in [6, 6.07) is 4.45. The lowest BCUT2D eigenvalue weighted by Gasteiger charge is -2.28. The van der Waals surface area contributed by atoms with Crippen LogP contribution in [0, 0.1) is 13.8 Å². The van der Waals surface area contributed by atoms with Crippen LogP contribution in [0.25, 0.3) is 0 Å². The minimum absolute atomic E-state index is 0.00714. The van der Waals surface area contributed by atoms with Crippen LogP contribution in [0.4, 0.5) is 0 Å². The zero-order valence-corrected chi connectivity index (χ0v) is 16.1. The van der Waals surface area contributed by atoms with Gasteiger partial charge in [-0.1, -0.05) is 0 Å². The minimum atomic E-state index is 0.00714. The van der Waals surface area contributed by atoms with Crippen molar-refractivity contribution in [3.63, 3.8) is 0 Å². The van der Waals surface area contributed by atoms with Crippen molar-refractivity contribution < 1.29 is 9.53 Å². The van der Waals surface area contributed by atoms with Crippen LogP contribution < -0.4 is 10.1 Å². The molecule has 0 radical (unpaired) electrons. The quantitative estimate of drug-likeness (QED) is 0.827. The summed E-state index contributed by atoms with van der Waals surface area (Å²) in [5, 5.41) is 5.04. The fraction of sp³-hybridized carbons (Fsp3) is 0.471. The SMILES string of the molecule is Cc1cc(C)nc(OC2CCC(NC(=O)c3cc(Br)cs3)CC2)n1. The molecule has 2 aromatic heterocycles. The van der Waals surface area contributed by atoms with E-state index < -0.39 is 0 Å². The molecule has 2 heterocycles. The van der Waals surface area contributed by atoms with Gasteiger partial charge >= 0.3 is 6.01 Å². The first-order chi connectivity index (χ1) is 11.5. The highest BCUT2D eigenvalue weighted by Crippen LogP contribution is 2.24. The van der Waals surface area contributed by atoms with Crippen LogP contribution in [0.3, 0.4) is 0 Å². The maximum absolute atomic E-state index is 12.2. The molecule has 1 N–H and O–H groups in total. The van der Waals surface area contributed by atoms with Crippen molar-refractivity contribution >= 4 is 33.2 Å². The summed E-state index contributed by atoms with van der Waals surface area (Å²) in [5.74, 6) is 0.00714. The molecule has 5 nitrogen and oxygen atoms in total. The Hall–Kier alpha value is -1.47. The first-order valence-corrected chi connectivity index (χ1v) is 9.70. The van der Waals surface area contributed by atoms with Crippen molar-refractivity contribution in [2.75, 3.05) is 0 Å². The first-order valence-electron chi connectivity index (χ1n) is 8.03. The van der Waals surface area contributed by atoms with Crippen molar-refractivity contribution in [2.45, 2.75) is 51.7 Å². The number of ether oxygens (including phenoxy) is 1. The third-order valence-corrected chi connectivity index (χ3v) is 5.72. The van der Waals surface area contributed by atoms with E-state index in [1.165, 1.54) is 11.3 Å². The fourth-order valence-corrected chi connectivity index (χ4v) is 4.24. The maximum Gasteiger partial charge on any atom is 0.317 e. The number of aromatic nitrogens is 2. The number of rotatable bonds is 4. The molecule has 128 valence electrons. The number of carbonyl (C=O) groups is 1. The molecule has 0 aromatic carbocycles. The number of nitrogens with one attached hydrogen (secondary N) is 1. The molecule has 0 unspecified atom stereocenters. The van der Waals surface area contributed by atoms with Gasteiger partial charge in [0.1, 0.15) is 6.10 Å². The number of hydrogen-bond donors (Lipinski definition) is 1. The van der Waals surface area contributed by atoms with E-state index in [-0.39, 0.29) is 18.1 Å². The topological polar surface area (TPSA) is 64.1 Å². The van der Waals surface area contributed by atoms with Gasteiger partial charge in [-0.3, -0.25) is 4.79 Å². The van der Waals surface area contributed by atoms with Gasteiger partial charge in [0.2, 0.25) is 0 Å². The number of aryl methyl sites for hydroxylation is 2. The summed E-state index contributed by atoms with van der Waals surface area (Å²) in [6.45, 7) is 3.88. The van der Waals surface area contributed by atoms with E-state index in [0.717, 1.165) is 46.4 Å². The molecule has 1 aliphatic rings. The van der Waals surface area contributed by atoms with E-state index >= 15 is 0 Å². The van der Waals surface area contributed by atoms with Crippen LogP contribution in [-0.2, 0) is 0 Å². The van der Waals surface area contributed by atoms with Crippen molar-refractivity contribution in [1.82, 2.24) is 15.3 Å². The highest BCUT2D eigenvalue weighted by molar-refractivity contribution is 9.10. The summed E-state index contributed by atoms with van der Waals surface area (Å²) in [7, 11) is 0. The Kier molecular flexibility index (Phi) is 5.50. The smallest absolute Gasteiger partial charge is 0.317 e. The predicted molar refractivity (Wildman–Crippen MR) is 97.7 cm³/mol. The van der Waals surface area contributed by atoms with Gasteiger partial charge in [-0.25, -0.2) is 9.97 Å². The Bertz CT molecular complexity index is 706. The predicted octanol–water partition coefficient (Wildman–Crippen LogP) is 4.04. The fourth-order valence-electron chi connectivity index (χ4n) is 2.91. The molecule has 0 saturated heterocycles. The van der Waals surface area contributed by atoms with Crippen LogP contribution in [0.1, 0.15) is 46.7 Å². The average molecular weight is 410 g/mol. The van der Waals surface area contributed by atoms with Crippen LogP contribution in [0.15, 0.2) is 22.0 Å². The molecule has 1 saturated carbocycles. The summed E-state index contributed by atoms with van der Waals surface area (Å²) < 4.78 is 6.87. The molecule has 1 fully saturated rings. The normalized spacial score (nSPS) is 20.6. The van der Waals surface area contributed by atoms with E-state index in [1.807, 2.05) is 31.4 Å². The number of carbonyl (C=O) groups excluding carboxylic acids is 1.